The van der Waals surface area contributed by atoms with Crippen molar-refractivity contribution in [3.8, 4) is 11.5 Å². The zero-order valence-electron chi connectivity index (χ0n) is 13.6. The van der Waals surface area contributed by atoms with Gasteiger partial charge in [0.1, 0.15) is 0 Å². The van der Waals surface area contributed by atoms with Gasteiger partial charge in [0.2, 0.25) is 5.78 Å². The van der Waals surface area contributed by atoms with Crippen molar-refractivity contribution in [2.45, 2.75) is 0 Å². The number of aromatic amines is 1. The Balaban J connectivity index is 1.99. The van der Waals surface area contributed by atoms with E-state index in [1.165, 1.54) is 23.7 Å². The van der Waals surface area contributed by atoms with Crippen LogP contribution in [0.4, 0.5) is 0 Å². The predicted molar refractivity (Wildman–Crippen MR) is 94.8 cm³/mol. The number of furan rings is 1. The van der Waals surface area contributed by atoms with E-state index in [0.29, 0.717) is 20.7 Å². The van der Waals surface area contributed by atoms with Gasteiger partial charge in [0, 0.05) is 6.08 Å². The van der Waals surface area contributed by atoms with Crippen molar-refractivity contribution in [2.24, 2.45) is 0 Å². The van der Waals surface area contributed by atoms with Crippen LogP contribution in [0.3, 0.4) is 0 Å². The number of aromatic nitrogens is 1. The lowest BCUT2D eigenvalue weighted by Gasteiger charge is -2.07. The van der Waals surface area contributed by atoms with Gasteiger partial charge < -0.3 is 18.9 Å². The molecule has 1 N–H and O–H groups in total. The summed E-state index contributed by atoms with van der Waals surface area (Å²) in [6, 6.07) is 8.56. The molecule has 0 bridgehead atoms. The summed E-state index contributed by atoms with van der Waals surface area (Å²) in [5.41, 5.74) is 0.521. The van der Waals surface area contributed by atoms with Crippen molar-refractivity contribution in [1.82, 2.24) is 4.98 Å². The molecule has 0 aliphatic heterocycles. The van der Waals surface area contributed by atoms with Gasteiger partial charge in [-0.15, -0.1) is 11.3 Å². The van der Waals surface area contributed by atoms with E-state index in [4.69, 9.17) is 13.9 Å². The summed E-state index contributed by atoms with van der Waals surface area (Å²) in [5.74, 6) is 1.10. The summed E-state index contributed by atoms with van der Waals surface area (Å²) in [5, 5.41) is 0. The van der Waals surface area contributed by atoms with E-state index in [0.717, 1.165) is 5.56 Å². The van der Waals surface area contributed by atoms with Crippen LogP contribution in [0.2, 0.25) is 0 Å². The van der Waals surface area contributed by atoms with Gasteiger partial charge in [-0.25, -0.2) is 0 Å². The summed E-state index contributed by atoms with van der Waals surface area (Å²) >= 11 is 1.19. The first kappa shape index (κ1) is 16.8. The minimum Gasteiger partial charge on any atom is -0.493 e. The van der Waals surface area contributed by atoms with Crippen LogP contribution < -0.4 is 24.2 Å². The number of methoxy groups -OCH3 is 2. The lowest BCUT2D eigenvalue weighted by Crippen LogP contribution is -2.20. The second kappa shape index (κ2) is 7.23. The molecule has 7 heteroatoms. The highest BCUT2D eigenvalue weighted by atomic mass is 32.1. The van der Waals surface area contributed by atoms with E-state index < -0.39 is 0 Å². The van der Waals surface area contributed by atoms with Crippen LogP contribution in [0, 0.1) is 0 Å². The summed E-state index contributed by atoms with van der Waals surface area (Å²) in [6.07, 6.45) is 4.49. The molecule has 0 aliphatic carbocycles. The molecule has 0 spiro atoms. The van der Waals surface area contributed by atoms with E-state index in [1.807, 2.05) is 6.07 Å². The number of nitrogens with one attached hydrogen (secondary N) is 1. The molecule has 25 heavy (non-hydrogen) atoms. The maximum Gasteiger partial charge on any atom is 0.266 e. The van der Waals surface area contributed by atoms with Crippen molar-refractivity contribution in [3.63, 3.8) is 0 Å². The molecule has 1 aromatic carbocycles. The van der Waals surface area contributed by atoms with Crippen molar-refractivity contribution in [3.05, 3.63) is 67.5 Å². The van der Waals surface area contributed by atoms with Crippen LogP contribution in [0.15, 0.2) is 45.8 Å². The lowest BCUT2D eigenvalue weighted by atomic mass is 10.2. The molecule has 0 saturated carbocycles. The average Bonchev–Trinajstić information content (AvgIpc) is 3.25. The first-order valence-electron chi connectivity index (χ1n) is 7.33. The number of hydrogen-bond donors (Lipinski definition) is 1. The molecule has 0 saturated heterocycles. The molecule has 6 nitrogen and oxygen atoms in total. The zero-order chi connectivity index (χ0) is 17.8. The quantitative estimate of drug-likeness (QED) is 0.701. The molecule has 0 unspecified atom stereocenters. The molecule has 0 aliphatic rings. The third-order valence-corrected chi connectivity index (χ3v) is 4.37. The van der Waals surface area contributed by atoms with E-state index in [1.54, 1.807) is 44.6 Å². The molecule has 3 rings (SSSR count). The van der Waals surface area contributed by atoms with E-state index >= 15 is 0 Å². The summed E-state index contributed by atoms with van der Waals surface area (Å²) in [6.45, 7) is 0. The Bertz CT molecular complexity index is 1060. The summed E-state index contributed by atoms with van der Waals surface area (Å²) < 4.78 is 16.4. The number of ether oxygens (including phenoxy) is 2. The highest BCUT2D eigenvalue weighted by Crippen LogP contribution is 2.27. The highest BCUT2D eigenvalue weighted by Gasteiger charge is 2.06. The zero-order valence-corrected chi connectivity index (χ0v) is 14.4. The van der Waals surface area contributed by atoms with Crippen LogP contribution in [-0.4, -0.2) is 25.0 Å². The van der Waals surface area contributed by atoms with Gasteiger partial charge in [0.05, 0.1) is 29.7 Å². The second-order valence-electron chi connectivity index (χ2n) is 5.03. The summed E-state index contributed by atoms with van der Waals surface area (Å²) in [7, 11) is 3.11. The Kier molecular flexibility index (Phi) is 4.85. The summed E-state index contributed by atoms with van der Waals surface area (Å²) in [4.78, 5) is 26.8. The number of benzene rings is 1. The van der Waals surface area contributed by atoms with Gasteiger partial charge in [-0.3, -0.25) is 9.59 Å². The van der Waals surface area contributed by atoms with Gasteiger partial charge in [0.15, 0.2) is 17.3 Å². The maximum atomic E-state index is 12.1. The van der Waals surface area contributed by atoms with E-state index in [9.17, 15) is 9.59 Å². The standard InChI is InChI=1S/C18H15NO5S/c1-22-14-6-5-11(8-15(14)23-2)9-16-18(21)19-17(25-16)10-12(20)13-4-3-7-24-13/h3-10H,1-2H3,(H,19,21)/b16-9-,17-10-. The van der Waals surface area contributed by atoms with Crippen LogP contribution in [0.1, 0.15) is 16.1 Å². The number of carbonyl (C=O) groups excluding carboxylic acids is 1. The predicted octanol–water partition coefficient (Wildman–Crippen LogP) is 1.54. The molecule has 2 heterocycles. The van der Waals surface area contributed by atoms with Gasteiger partial charge in [-0.1, -0.05) is 6.07 Å². The van der Waals surface area contributed by atoms with Crippen molar-refractivity contribution in [1.29, 1.82) is 0 Å². The van der Waals surface area contributed by atoms with Crippen LogP contribution in [0.5, 0.6) is 11.5 Å². The normalized spacial score (nSPS) is 12.4. The van der Waals surface area contributed by atoms with Gasteiger partial charge in [-0.2, -0.15) is 0 Å². The molecule has 2 aromatic heterocycles. The number of hydrogen-bond acceptors (Lipinski definition) is 6. The Hall–Kier alpha value is -3.06. The molecular formula is C18H15NO5S. The van der Waals surface area contributed by atoms with Gasteiger partial charge >= 0.3 is 0 Å². The minimum atomic E-state index is -0.305. The van der Waals surface area contributed by atoms with Crippen molar-refractivity contribution < 1.29 is 18.7 Å². The van der Waals surface area contributed by atoms with Crippen LogP contribution in [-0.2, 0) is 0 Å². The van der Waals surface area contributed by atoms with Gasteiger partial charge in [0.25, 0.3) is 5.56 Å². The maximum absolute atomic E-state index is 12.1. The topological polar surface area (TPSA) is 81.5 Å². The van der Waals surface area contributed by atoms with Gasteiger partial charge in [-0.05, 0) is 35.9 Å². The molecule has 0 atom stereocenters. The number of ketones is 1. The van der Waals surface area contributed by atoms with E-state index in [-0.39, 0.29) is 17.1 Å². The largest absolute Gasteiger partial charge is 0.493 e. The van der Waals surface area contributed by atoms with Crippen LogP contribution in [0.25, 0.3) is 12.2 Å². The minimum absolute atomic E-state index is 0.222. The lowest BCUT2D eigenvalue weighted by molar-refractivity contribution is 0.103. The Morgan fingerprint density at radius 3 is 2.68 bits per heavy atom. The monoisotopic (exact) mass is 357 g/mol. The highest BCUT2D eigenvalue weighted by molar-refractivity contribution is 7.07. The van der Waals surface area contributed by atoms with E-state index in [2.05, 4.69) is 4.98 Å². The molecule has 3 aromatic rings. The SMILES string of the molecule is COc1ccc(/C=c2\s/c(=C\C(=O)c3ccco3)[nH]c2=O)cc1OC. The Morgan fingerprint density at radius 1 is 1.20 bits per heavy atom. The number of thiazole rings is 1. The fraction of sp³-hybridized carbons (Fsp3) is 0.111. The smallest absolute Gasteiger partial charge is 0.266 e. The number of rotatable bonds is 5. The fourth-order valence-corrected chi connectivity index (χ4v) is 3.11. The molecule has 128 valence electrons. The Morgan fingerprint density at radius 2 is 2.00 bits per heavy atom. The second-order valence-corrected chi connectivity index (χ2v) is 6.11. The number of carbonyl (C=O) groups is 1. The number of Topliss-reactive ketones (excluding diaryl/α,β-unsaturated/α-hetero) is 1. The fourth-order valence-electron chi connectivity index (χ4n) is 2.23. The molecule has 0 fully saturated rings. The molecule has 0 amide bonds. The number of H-pyrrole nitrogens is 1. The first-order valence-corrected chi connectivity index (χ1v) is 8.15. The van der Waals surface area contributed by atoms with Crippen LogP contribution >= 0.6 is 11.3 Å². The average molecular weight is 357 g/mol. The first-order chi connectivity index (χ1) is 12.1. The Labute approximate surface area is 146 Å². The van der Waals surface area contributed by atoms with Crippen molar-refractivity contribution >= 4 is 29.3 Å². The third-order valence-electron chi connectivity index (χ3n) is 3.41. The third kappa shape index (κ3) is 3.72. The molecular weight excluding hydrogens is 342 g/mol. The van der Waals surface area contributed by atoms with Crippen molar-refractivity contribution in [2.75, 3.05) is 14.2 Å². The molecule has 0 radical (unpaired) electrons.